The molecule has 0 bridgehead atoms. The van der Waals surface area contributed by atoms with E-state index in [4.69, 9.17) is 4.74 Å². The molecular weight excluding hydrogens is 911 g/mol. The fraction of sp³-hybridized carbons (Fsp3) is 0.971. The van der Waals surface area contributed by atoms with Crippen LogP contribution in [0.5, 0.6) is 0 Å². The fourth-order valence-electron chi connectivity index (χ4n) is 11.2. The van der Waals surface area contributed by atoms with Crippen molar-refractivity contribution in [1.82, 2.24) is 5.32 Å². The molecule has 0 aliphatic heterocycles. The van der Waals surface area contributed by atoms with E-state index in [2.05, 4.69) is 19.2 Å². The van der Waals surface area contributed by atoms with E-state index in [1.165, 1.54) is 327 Å². The molecule has 0 aliphatic carbocycles. The number of aliphatic hydroxyl groups excluding tert-OH is 2. The molecule has 0 aromatic carbocycles. The van der Waals surface area contributed by atoms with Gasteiger partial charge < -0.3 is 20.3 Å². The van der Waals surface area contributed by atoms with Gasteiger partial charge in [0.2, 0.25) is 5.91 Å². The van der Waals surface area contributed by atoms with Crippen molar-refractivity contribution in [3.63, 3.8) is 0 Å². The number of amides is 1. The van der Waals surface area contributed by atoms with Crippen LogP contribution < -0.4 is 5.32 Å². The lowest BCUT2D eigenvalue weighted by Crippen LogP contribution is -2.45. The summed E-state index contributed by atoms with van der Waals surface area (Å²) in [7, 11) is 0. The first kappa shape index (κ1) is 72.9. The smallest absolute Gasteiger partial charge is 0.305 e. The Morgan fingerprint density at radius 2 is 0.554 bits per heavy atom. The highest BCUT2D eigenvalue weighted by Gasteiger charge is 2.20. The summed E-state index contributed by atoms with van der Waals surface area (Å²) >= 11 is 0. The molecule has 0 fully saturated rings. The molecule has 0 saturated heterocycles. The minimum atomic E-state index is -0.660. The van der Waals surface area contributed by atoms with Crippen molar-refractivity contribution in [1.29, 1.82) is 0 Å². The number of unbranched alkanes of at least 4 members (excludes halogenated alkanes) is 54. The third-order valence-electron chi connectivity index (χ3n) is 16.4. The maximum Gasteiger partial charge on any atom is 0.305 e. The number of aliphatic hydroxyl groups is 2. The van der Waals surface area contributed by atoms with E-state index < -0.39 is 12.1 Å². The van der Waals surface area contributed by atoms with E-state index in [-0.39, 0.29) is 18.5 Å². The Labute approximate surface area is 464 Å². The lowest BCUT2D eigenvalue weighted by molar-refractivity contribution is -0.143. The van der Waals surface area contributed by atoms with Crippen LogP contribution in [0.4, 0.5) is 0 Å². The number of carbonyl (C=O) groups is 2. The monoisotopic (exact) mass is 1050 g/mol. The molecule has 442 valence electrons. The molecule has 2 unspecified atom stereocenters. The average Bonchev–Trinajstić information content (AvgIpc) is 3.40. The van der Waals surface area contributed by atoms with Gasteiger partial charge in [0.1, 0.15) is 0 Å². The van der Waals surface area contributed by atoms with Crippen molar-refractivity contribution in [3.05, 3.63) is 0 Å². The zero-order valence-electron chi connectivity index (χ0n) is 50.6. The standard InChI is InChI=1S/C68H135NO5/c1-3-5-7-9-11-13-15-17-18-19-32-35-38-42-46-50-54-58-62-68(73)74-63-59-55-51-47-43-39-36-33-30-28-26-24-22-20-21-23-25-27-29-31-34-37-41-45-49-53-57-61-67(72)69-65(64-70)66(71)60-56-52-48-44-40-16-14-12-10-8-6-4-2/h65-66,70-71H,3-64H2,1-2H3,(H,69,72). The molecule has 0 aliphatic rings. The Hall–Kier alpha value is -1.14. The third kappa shape index (κ3) is 60.1. The van der Waals surface area contributed by atoms with E-state index in [1.807, 2.05) is 0 Å². The van der Waals surface area contributed by atoms with Crippen LogP contribution in [0.2, 0.25) is 0 Å². The molecule has 0 heterocycles. The van der Waals surface area contributed by atoms with Crippen LogP contribution in [0.25, 0.3) is 0 Å². The van der Waals surface area contributed by atoms with Crippen LogP contribution in [0.1, 0.15) is 399 Å². The topological polar surface area (TPSA) is 95.9 Å². The summed E-state index contributed by atoms with van der Waals surface area (Å²) in [4.78, 5) is 24.6. The van der Waals surface area contributed by atoms with Gasteiger partial charge in [-0.25, -0.2) is 0 Å². The molecule has 6 nitrogen and oxygen atoms in total. The summed E-state index contributed by atoms with van der Waals surface area (Å²) < 4.78 is 5.51. The van der Waals surface area contributed by atoms with Crippen molar-refractivity contribution in [3.8, 4) is 0 Å². The van der Waals surface area contributed by atoms with Crippen molar-refractivity contribution < 1.29 is 24.5 Å². The normalized spacial score (nSPS) is 12.4. The zero-order chi connectivity index (χ0) is 53.6. The van der Waals surface area contributed by atoms with E-state index >= 15 is 0 Å². The van der Waals surface area contributed by atoms with E-state index in [9.17, 15) is 19.8 Å². The lowest BCUT2D eigenvalue weighted by atomic mass is 10.0. The summed E-state index contributed by atoms with van der Waals surface area (Å²) in [5.41, 5.74) is 0. The molecular formula is C68H135NO5. The van der Waals surface area contributed by atoms with Crippen LogP contribution >= 0.6 is 0 Å². The van der Waals surface area contributed by atoms with Gasteiger partial charge in [-0.3, -0.25) is 9.59 Å². The van der Waals surface area contributed by atoms with E-state index in [1.54, 1.807) is 0 Å². The molecule has 1 amide bonds. The number of hydrogen-bond donors (Lipinski definition) is 3. The number of esters is 1. The van der Waals surface area contributed by atoms with Gasteiger partial charge in [0, 0.05) is 12.8 Å². The second kappa shape index (κ2) is 64.4. The van der Waals surface area contributed by atoms with Crippen LogP contribution in [0.15, 0.2) is 0 Å². The molecule has 0 aromatic rings. The highest BCUT2D eigenvalue weighted by Crippen LogP contribution is 2.19. The zero-order valence-corrected chi connectivity index (χ0v) is 50.6. The van der Waals surface area contributed by atoms with Gasteiger partial charge in [0.25, 0.3) is 0 Å². The number of rotatable bonds is 65. The first-order valence-electron chi connectivity index (χ1n) is 34.3. The number of nitrogens with one attached hydrogen (secondary N) is 1. The highest BCUT2D eigenvalue weighted by atomic mass is 16.5. The van der Waals surface area contributed by atoms with Gasteiger partial charge in [-0.1, -0.05) is 361 Å². The van der Waals surface area contributed by atoms with Crippen molar-refractivity contribution in [2.24, 2.45) is 0 Å². The highest BCUT2D eigenvalue weighted by molar-refractivity contribution is 5.76. The van der Waals surface area contributed by atoms with E-state index in [0.717, 1.165) is 38.5 Å². The quantitative estimate of drug-likeness (QED) is 0.0417. The molecule has 0 radical (unpaired) electrons. The summed E-state index contributed by atoms with van der Waals surface area (Å²) in [5, 5.41) is 23.2. The maximum absolute atomic E-state index is 12.5. The van der Waals surface area contributed by atoms with Crippen LogP contribution in [0, 0.1) is 0 Å². The summed E-state index contributed by atoms with van der Waals surface area (Å²) in [6, 6.07) is -0.537. The first-order valence-corrected chi connectivity index (χ1v) is 34.3. The van der Waals surface area contributed by atoms with Gasteiger partial charge in [-0.05, 0) is 25.7 Å². The van der Waals surface area contributed by atoms with Crippen LogP contribution in [0.3, 0.4) is 0 Å². The van der Waals surface area contributed by atoms with Gasteiger partial charge in [-0.15, -0.1) is 0 Å². The summed E-state index contributed by atoms with van der Waals surface area (Å²) in [6.07, 6.45) is 77.2. The summed E-state index contributed by atoms with van der Waals surface area (Å²) in [5.74, 6) is -0.00645. The Bertz CT molecular complexity index is 1070. The number of ether oxygens (including phenoxy) is 1. The molecule has 0 rings (SSSR count). The van der Waals surface area contributed by atoms with E-state index in [0.29, 0.717) is 25.9 Å². The predicted molar refractivity (Wildman–Crippen MR) is 324 cm³/mol. The molecule has 74 heavy (non-hydrogen) atoms. The Morgan fingerprint density at radius 3 is 0.824 bits per heavy atom. The van der Waals surface area contributed by atoms with Gasteiger partial charge in [0.15, 0.2) is 0 Å². The Kier molecular flexibility index (Phi) is 63.4. The molecule has 3 N–H and O–H groups in total. The minimum absolute atomic E-state index is 0.0236. The lowest BCUT2D eigenvalue weighted by Gasteiger charge is -2.22. The van der Waals surface area contributed by atoms with Crippen molar-refractivity contribution in [2.75, 3.05) is 13.2 Å². The predicted octanol–water partition coefficient (Wildman–Crippen LogP) is 21.8. The van der Waals surface area contributed by atoms with Crippen LogP contribution in [-0.4, -0.2) is 47.4 Å². The van der Waals surface area contributed by atoms with Gasteiger partial charge >= 0.3 is 5.97 Å². The van der Waals surface area contributed by atoms with Crippen molar-refractivity contribution >= 4 is 11.9 Å². The molecule has 6 heteroatoms. The number of hydrogen-bond acceptors (Lipinski definition) is 5. The molecule has 0 aromatic heterocycles. The van der Waals surface area contributed by atoms with Gasteiger partial charge in [-0.2, -0.15) is 0 Å². The van der Waals surface area contributed by atoms with Crippen molar-refractivity contribution in [2.45, 2.75) is 411 Å². The molecule has 2 atom stereocenters. The second-order valence-electron chi connectivity index (χ2n) is 23.9. The first-order chi connectivity index (χ1) is 36.5. The largest absolute Gasteiger partial charge is 0.466 e. The second-order valence-corrected chi connectivity index (χ2v) is 23.9. The SMILES string of the molecule is CCCCCCCCCCCCCCCCCCCCC(=O)OCCCCCCCCCCCCCCCCCCCCCCCCCCCCCC(=O)NC(CO)C(O)CCCCCCCCCCCCCC. The molecule has 0 spiro atoms. The number of carbonyl (C=O) groups excluding carboxylic acids is 2. The Balaban J connectivity index is 3.30. The summed E-state index contributed by atoms with van der Waals surface area (Å²) in [6.45, 7) is 4.99. The third-order valence-corrected chi connectivity index (χ3v) is 16.4. The molecule has 0 saturated carbocycles. The maximum atomic E-state index is 12.5. The Morgan fingerprint density at radius 1 is 0.324 bits per heavy atom. The fourth-order valence-corrected chi connectivity index (χ4v) is 11.2. The van der Waals surface area contributed by atoms with Gasteiger partial charge in [0.05, 0.1) is 25.4 Å². The minimum Gasteiger partial charge on any atom is -0.466 e. The average molecular weight is 1050 g/mol. The van der Waals surface area contributed by atoms with Crippen LogP contribution in [-0.2, 0) is 14.3 Å².